The van der Waals surface area contributed by atoms with Crippen LogP contribution >= 0.6 is 0 Å². The largest absolute Gasteiger partial charge is 0.198 e. The highest BCUT2D eigenvalue weighted by atomic mass is 14.2. The van der Waals surface area contributed by atoms with E-state index in [1.807, 2.05) is 0 Å². The lowest BCUT2D eigenvalue weighted by molar-refractivity contribution is 0.616. The average Bonchev–Trinajstić information content (AvgIpc) is 1.89. The van der Waals surface area contributed by atoms with Crippen LogP contribution in [-0.2, 0) is 0 Å². The molecule has 0 rings (SSSR count). The van der Waals surface area contributed by atoms with E-state index in [1.54, 1.807) is 0 Å². The van der Waals surface area contributed by atoms with E-state index in [-0.39, 0.29) is 5.92 Å². The first-order valence-electron chi connectivity index (χ1n) is 3.54. The van der Waals surface area contributed by atoms with Gasteiger partial charge in [-0.2, -0.15) is 5.26 Å². The van der Waals surface area contributed by atoms with Gasteiger partial charge in [-0.05, 0) is 13.3 Å². The lowest BCUT2D eigenvalue weighted by Crippen LogP contribution is -1.88. The zero-order valence-electron chi connectivity index (χ0n) is 6.06. The van der Waals surface area contributed by atoms with Gasteiger partial charge in [0.15, 0.2) is 0 Å². The molecule has 51 valence electrons. The van der Waals surface area contributed by atoms with E-state index in [9.17, 15) is 0 Å². The SMILES string of the molecule is [CH2][C@@H](C#N)CCCCC. The highest BCUT2D eigenvalue weighted by molar-refractivity contribution is 4.83. The van der Waals surface area contributed by atoms with Crippen LogP contribution in [0, 0.1) is 24.2 Å². The van der Waals surface area contributed by atoms with Crippen molar-refractivity contribution in [2.75, 3.05) is 0 Å². The normalized spacial score (nSPS) is 12.6. The Bertz CT molecular complexity index is 91.2. The highest BCUT2D eigenvalue weighted by Crippen LogP contribution is 2.06. The first kappa shape index (κ1) is 8.49. The number of unbranched alkanes of at least 4 members (excludes halogenated alkanes) is 2. The van der Waals surface area contributed by atoms with E-state index in [0.717, 1.165) is 12.8 Å². The van der Waals surface area contributed by atoms with Crippen molar-refractivity contribution in [3.05, 3.63) is 6.92 Å². The van der Waals surface area contributed by atoms with Gasteiger partial charge in [0.25, 0.3) is 0 Å². The van der Waals surface area contributed by atoms with Crippen LogP contribution in [0.5, 0.6) is 0 Å². The van der Waals surface area contributed by atoms with Crippen molar-refractivity contribution in [1.82, 2.24) is 0 Å². The summed E-state index contributed by atoms with van der Waals surface area (Å²) in [5.74, 6) is 0.0107. The van der Waals surface area contributed by atoms with Gasteiger partial charge in [0.1, 0.15) is 0 Å². The highest BCUT2D eigenvalue weighted by Gasteiger charge is 1.96. The molecule has 0 unspecified atom stereocenters. The second-order valence-corrected chi connectivity index (χ2v) is 2.32. The first-order chi connectivity index (χ1) is 4.31. The maximum Gasteiger partial charge on any atom is 0.0655 e. The molecule has 0 spiro atoms. The third-order valence-corrected chi connectivity index (χ3v) is 1.34. The van der Waals surface area contributed by atoms with Gasteiger partial charge in [0, 0.05) is 5.92 Å². The first-order valence-corrected chi connectivity index (χ1v) is 3.54. The Balaban J connectivity index is 2.99. The lowest BCUT2D eigenvalue weighted by Gasteiger charge is -1.98. The van der Waals surface area contributed by atoms with Crippen molar-refractivity contribution < 1.29 is 0 Å². The summed E-state index contributed by atoms with van der Waals surface area (Å²) in [6.07, 6.45) is 4.56. The molecule has 0 aromatic rings. The van der Waals surface area contributed by atoms with E-state index in [2.05, 4.69) is 19.9 Å². The minimum Gasteiger partial charge on any atom is -0.198 e. The lowest BCUT2D eigenvalue weighted by atomic mass is 10.1. The summed E-state index contributed by atoms with van der Waals surface area (Å²) >= 11 is 0. The summed E-state index contributed by atoms with van der Waals surface area (Å²) in [6.45, 7) is 5.82. The predicted octanol–water partition coefficient (Wildman–Crippen LogP) is 2.54. The van der Waals surface area contributed by atoms with Crippen LogP contribution in [0.3, 0.4) is 0 Å². The van der Waals surface area contributed by atoms with Crippen LogP contribution in [0.2, 0.25) is 0 Å². The Morgan fingerprint density at radius 2 is 2.22 bits per heavy atom. The molecule has 0 aliphatic carbocycles. The molecule has 0 aromatic heterocycles. The van der Waals surface area contributed by atoms with Crippen molar-refractivity contribution >= 4 is 0 Å². The Hall–Kier alpha value is -0.510. The summed E-state index contributed by atoms with van der Waals surface area (Å²) in [5.41, 5.74) is 0. The fourth-order valence-corrected chi connectivity index (χ4v) is 0.705. The molecule has 0 fully saturated rings. The van der Waals surface area contributed by atoms with E-state index < -0.39 is 0 Å². The Labute approximate surface area is 57.7 Å². The third-order valence-electron chi connectivity index (χ3n) is 1.34. The molecule has 0 heterocycles. The Morgan fingerprint density at radius 3 is 2.67 bits per heavy atom. The van der Waals surface area contributed by atoms with Crippen LogP contribution in [0.15, 0.2) is 0 Å². The molecule has 1 nitrogen and oxygen atoms in total. The van der Waals surface area contributed by atoms with E-state index in [0.29, 0.717) is 0 Å². The Morgan fingerprint density at radius 1 is 1.56 bits per heavy atom. The van der Waals surface area contributed by atoms with Crippen LogP contribution in [0.25, 0.3) is 0 Å². The van der Waals surface area contributed by atoms with E-state index in [4.69, 9.17) is 5.26 Å². The van der Waals surface area contributed by atoms with E-state index >= 15 is 0 Å². The molecule has 0 amide bonds. The van der Waals surface area contributed by atoms with Gasteiger partial charge < -0.3 is 0 Å². The topological polar surface area (TPSA) is 23.8 Å². The van der Waals surface area contributed by atoms with Gasteiger partial charge in [-0.15, -0.1) is 0 Å². The molecule has 1 heteroatoms. The molecule has 0 aliphatic heterocycles. The molecule has 0 bridgehead atoms. The number of hydrogen-bond donors (Lipinski definition) is 0. The van der Waals surface area contributed by atoms with Crippen LogP contribution in [0.4, 0.5) is 0 Å². The minimum atomic E-state index is 0.0107. The average molecular weight is 124 g/mol. The molecule has 0 saturated heterocycles. The summed E-state index contributed by atoms with van der Waals surface area (Å²) in [6, 6.07) is 2.11. The van der Waals surface area contributed by atoms with Gasteiger partial charge in [0.05, 0.1) is 6.07 Å². The molecule has 1 atom stereocenters. The molecular weight excluding hydrogens is 110 g/mol. The molecule has 0 aromatic carbocycles. The molecule has 0 saturated carbocycles. The number of nitriles is 1. The monoisotopic (exact) mass is 124 g/mol. The second-order valence-electron chi connectivity index (χ2n) is 2.32. The van der Waals surface area contributed by atoms with Crippen molar-refractivity contribution in [2.24, 2.45) is 5.92 Å². The smallest absolute Gasteiger partial charge is 0.0655 e. The van der Waals surface area contributed by atoms with Gasteiger partial charge in [0.2, 0.25) is 0 Å². The van der Waals surface area contributed by atoms with Crippen LogP contribution < -0.4 is 0 Å². The summed E-state index contributed by atoms with van der Waals surface area (Å²) in [5, 5.41) is 8.32. The fourth-order valence-electron chi connectivity index (χ4n) is 0.705. The van der Waals surface area contributed by atoms with Crippen molar-refractivity contribution in [2.45, 2.75) is 32.6 Å². The third kappa shape index (κ3) is 5.36. The molecule has 0 aliphatic rings. The predicted molar refractivity (Wildman–Crippen MR) is 38.6 cm³/mol. The number of nitrogens with zero attached hydrogens (tertiary/aromatic N) is 1. The number of hydrogen-bond acceptors (Lipinski definition) is 1. The number of rotatable bonds is 4. The van der Waals surface area contributed by atoms with Gasteiger partial charge >= 0.3 is 0 Å². The fraction of sp³-hybridized carbons (Fsp3) is 0.750. The van der Waals surface area contributed by atoms with Crippen LogP contribution in [-0.4, -0.2) is 0 Å². The zero-order valence-corrected chi connectivity index (χ0v) is 6.06. The standard InChI is InChI=1S/C8H14N/c1-3-4-5-6-8(2)7-9/h8H,2-6H2,1H3/t8-/m1/s1. The van der Waals surface area contributed by atoms with Crippen molar-refractivity contribution in [3.8, 4) is 6.07 Å². The van der Waals surface area contributed by atoms with Crippen molar-refractivity contribution in [3.63, 3.8) is 0 Å². The molecule has 0 N–H and O–H groups in total. The summed E-state index contributed by atoms with van der Waals surface area (Å²) in [7, 11) is 0. The minimum absolute atomic E-state index is 0.0107. The van der Waals surface area contributed by atoms with E-state index in [1.165, 1.54) is 12.8 Å². The maximum atomic E-state index is 8.32. The van der Waals surface area contributed by atoms with Gasteiger partial charge in [-0.3, -0.25) is 0 Å². The Kier molecular flexibility index (Phi) is 5.30. The summed E-state index contributed by atoms with van der Waals surface area (Å²) in [4.78, 5) is 0. The second kappa shape index (κ2) is 5.62. The maximum absolute atomic E-state index is 8.32. The van der Waals surface area contributed by atoms with Gasteiger partial charge in [-0.1, -0.05) is 26.2 Å². The van der Waals surface area contributed by atoms with Gasteiger partial charge in [-0.25, -0.2) is 0 Å². The molecule has 1 radical (unpaired) electrons. The summed E-state index contributed by atoms with van der Waals surface area (Å²) < 4.78 is 0. The van der Waals surface area contributed by atoms with Crippen molar-refractivity contribution in [1.29, 1.82) is 5.26 Å². The zero-order chi connectivity index (χ0) is 7.11. The quantitative estimate of drug-likeness (QED) is 0.528. The van der Waals surface area contributed by atoms with Crippen LogP contribution in [0.1, 0.15) is 32.6 Å². The molecular formula is C8H14N. The molecule has 9 heavy (non-hydrogen) atoms.